The Labute approximate surface area is 150 Å². The molecule has 2 rings (SSSR count). The van der Waals surface area contributed by atoms with Crippen molar-refractivity contribution in [3.05, 3.63) is 52.5 Å². The molecule has 2 aromatic rings. The van der Waals surface area contributed by atoms with E-state index < -0.39 is 21.7 Å². The van der Waals surface area contributed by atoms with Gasteiger partial charge < -0.3 is 16.2 Å². The van der Waals surface area contributed by atoms with Crippen molar-refractivity contribution in [2.24, 2.45) is 16.5 Å². The lowest BCUT2D eigenvalue weighted by Gasteiger charge is -2.12. The van der Waals surface area contributed by atoms with Crippen LogP contribution in [0, 0.1) is 6.92 Å². The predicted molar refractivity (Wildman–Crippen MR) is 96.0 cm³/mol. The topological polar surface area (TPSA) is 125 Å². The van der Waals surface area contributed by atoms with E-state index in [1.807, 2.05) is 0 Å². The number of nitrogens with zero attached hydrogens (tertiary/aromatic N) is 1. The Morgan fingerprint density at radius 2 is 1.84 bits per heavy atom. The van der Waals surface area contributed by atoms with E-state index in [2.05, 4.69) is 4.99 Å². The Kier molecular flexibility index (Phi) is 5.34. The summed E-state index contributed by atoms with van der Waals surface area (Å²) in [6.07, 6.45) is 1.01. The lowest BCUT2D eigenvalue weighted by atomic mass is 10.2. The van der Waals surface area contributed by atoms with E-state index in [1.165, 1.54) is 18.2 Å². The molecule has 9 heteroatoms. The fourth-order valence-electron chi connectivity index (χ4n) is 2.00. The smallest absolute Gasteiger partial charge is 0.280 e. The van der Waals surface area contributed by atoms with Crippen LogP contribution in [-0.4, -0.2) is 26.5 Å². The first-order chi connectivity index (χ1) is 11.6. The minimum atomic E-state index is -3.67. The molecule has 0 saturated heterocycles. The molecule has 0 fully saturated rings. The van der Waals surface area contributed by atoms with E-state index in [9.17, 15) is 13.2 Å². The molecule has 7 nitrogen and oxygen atoms in total. The molecule has 0 aliphatic heterocycles. The zero-order chi connectivity index (χ0) is 18.8. The van der Waals surface area contributed by atoms with Gasteiger partial charge in [-0.3, -0.25) is 4.79 Å². The number of carbonyl (C=O) groups is 1. The first-order valence-electron chi connectivity index (χ1n) is 7.00. The van der Waals surface area contributed by atoms with Crippen molar-refractivity contribution < 1.29 is 17.9 Å². The van der Waals surface area contributed by atoms with E-state index >= 15 is 0 Å². The first kappa shape index (κ1) is 18.8. The molecule has 1 amide bonds. The maximum Gasteiger partial charge on any atom is 0.280 e. The maximum atomic E-state index is 12.1. The summed E-state index contributed by atoms with van der Waals surface area (Å²) in [6.45, 7) is 1.80. The molecule has 0 atom stereocenters. The molecule has 2 aromatic carbocycles. The molecule has 0 heterocycles. The summed E-state index contributed by atoms with van der Waals surface area (Å²) in [5, 5.41) is 0.564. The van der Waals surface area contributed by atoms with Gasteiger partial charge in [-0.1, -0.05) is 11.6 Å². The highest BCUT2D eigenvalue weighted by atomic mass is 35.5. The lowest BCUT2D eigenvalue weighted by Crippen LogP contribution is -2.24. The Morgan fingerprint density at radius 1 is 1.16 bits per heavy atom. The Morgan fingerprint density at radius 3 is 2.40 bits per heavy atom. The molecular weight excluding hydrogens is 366 g/mol. The van der Waals surface area contributed by atoms with E-state index in [1.54, 1.807) is 25.1 Å². The second-order valence-electron chi connectivity index (χ2n) is 5.29. The van der Waals surface area contributed by atoms with Crippen LogP contribution in [0.1, 0.15) is 15.9 Å². The van der Waals surface area contributed by atoms with Gasteiger partial charge >= 0.3 is 0 Å². The molecule has 132 valence electrons. The number of aliphatic imine (C=N–C) groups is 1. The third-order valence-electron chi connectivity index (χ3n) is 3.18. The van der Waals surface area contributed by atoms with Gasteiger partial charge in [-0.15, -0.1) is 0 Å². The molecule has 0 aromatic heterocycles. The average Bonchev–Trinajstić information content (AvgIpc) is 2.49. The molecular formula is C16H16ClN3O4S. The predicted octanol–water partition coefficient (Wildman–Crippen LogP) is 2.26. The van der Waals surface area contributed by atoms with Gasteiger partial charge in [0, 0.05) is 16.8 Å². The summed E-state index contributed by atoms with van der Waals surface area (Å²) in [5.74, 6) is -0.678. The second kappa shape index (κ2) is 7.12. The number of hydrogen-bond acceptors (Lipinski definition) is 4. The number of halogens is 1. The maximum absolute atomic E-state index is 12.1. The first-order valence-corrected chi connectivity index (χ1v) is 9.27. The minimum Gasteiger partial charge on any atom is -0.456 e. The summed E-state index contributed by atoms with van der Waals surface area (Å²) < 4.78 is 29.8. The normalized spacial score (nSPS) is 11.0. The number of guanidine groups is 1. The van der Waals surface area contributed by atoms with Gasteiger partial charge in [-0.05, 0) is 48.9 Å². The number of rotatable bonds is 4. The number of hydrogen-bond donors (Lipinski definition) is 2. The highest BCUT2D eigenvalue weighted by molar-refractivity contribution is 7.90. The van der Waals surface area contributed by atoms with Crippen LogP contribution < -0.4 is 16.2 Å². The molecule has 0 bridgehead atoms. The number of nitrogens with two attached hydrogens (primary N) is 2. The number of aryl methyl sites for hydroxylation is 1. The van der Waals surface area contributed by atoms with Crippen LogP contribution in [0.4, 0.5) is 0 Å². The van der Waals surface area contributed by atoms with Crippen LogP contribution >= 0.6 is 11.6 Å². The molecule has 0 radical (unpaired) electrons. The highest BCUT2D eigenvalue weighted by Crippen LogP contribution is 2.31. The lowest BCUT2D eigenvalue weighted by molar-refractivity contribution is 0.100. The van der Waals surface area contributed by atoms with Crippen LogP contribution in [0.3, 0.4) is 0 Å². The van der Waals surface area contributed by atoms with Crippen LogP contribution in [0.25, 0.3) is 0 Å². The van der Waals surface area contributed by atoms with Crippen molar-refractivity contribution >= 4 is 33.3 Å². The molecule has 25 heavy (non-hydrogen) atoms. The number of carbonyl (C=O) groups excluding carboxylic acids is 1. The summed E-state index contributed by atoms with van der Waals surface area (Å²) in [7, 11) is -3.67. The van der Waals surface area contributed by atoms with Crippen molar-refractivity contribution in [1.82, 2.24) is 0 Å². The highest BCUT2D eigenvalue weighted by Gasteiger charge is 2.19. The minimum absolute atomic E-state index is 0.0217. The summed E-state index contributed by atoms with van der Waals surface area (Å²) in [4.78, 5) is 15.1. The van der Waals surface area contributed by atoms with Crippen molar-refractivity contribution in [1.29, 1.82) is 0 Å². The molecule has 0 aliphatic carbocycles. The molecule has 0 saturated carbocycles. The van der Waals surface area contributed by atoms with Crippen molar-refractivity contribution in [3.63, 3.8) is 0 Å². The van der Waals surface area contributed by atoms with Crippen LogP contribution in [-0.2, 0) is 9.84 Å². The van der Waals surface area contributed by atoms with Crippen molar-refractivity contribution in [2.75, 3.05) is 6.26 Å². The summed E-state index contributed by atoms with van der Waals surface area (Å²) in [6, 6.07) is 8.84. The number of amides is 1. The standard InChI is InChI=1S/C16H16ClN3O4S/c1-9-7-11(4-5-12(9)17)24-13-6-3-10(15(21)20-16(18)19)8-14(13)25(2,22)23/h3-8H,1-2H3,(H4,18,19,20,21). The summed E-state index contributed by atoms with van der Waals surface area (Å²) >= 11 is 5.96. The molecule has 0 aliphatic rings. The summed E-state index contributed by atoms with van der Waals surface area (Å²) in [5.41, 5.74) is 11.1. The molecule has 4 N–H and O–H groups in total. The molecule has 0 spiro atoms. The number of sulfone groups is 1. The quantitative estimate of drug-likeness (QED) is 0.618. The monoisotopic (exact) mass is 381 g/mol. The van der Waals surface area contributed by atoms with Crippen molar-refractivity contribution in [2.45, 2.75) is 11.8 Å². The Bertz CT molecular complexity index is 967. The van der Waals surface area contributed by atoms with Crippen LogP contribution in [0.5, 0.6) is 11.5 Å². The SMILES string of the molecule is Cc1cc(Oc2ccc(C(=O)N=C(N)N)cc2S(C)(=O)=O)ccc1Cl. The Hall–Kier alpha value is -2.58. The zero-order valence-corrected chi connectivity index (χ0v) is 15.1. The largest absolute Gasteiger partial charge is 0.456 e. The molecule has 0 unspecified atom stereocenters. The van der Waals surface area contributed by atoms with Crippen LogP contribution in [0.2, 0.25) is 5.02 Å². The van der Waals surface area contributed by atoms with Gasteiger partial charge in [-0.25, -0.2) is 8.42 Å². The number of benzene rings is 2. The Balaban J connectivity index is 2.49. The van der Waals surface area contributed by atoms with Gasteiger partial charge in [0.15, 0.2) is 15.8 Å². The fourth-order valence-corrected chi connectivity index (χ4v) is 2.94. The fraction of sp³-hybridized carbons (Fsp3) is 0.125. The third kappa shape index (κ3) is 4.71. The van der Waals surface area contributed by atoms with Gasteiger partial charge in [0.2, 0.25) is 0 Å². The van der Waals surface area contributed by atoms with E-state index in [0.29, 0.717) is 10.8 Å². The van der Waals surface area contributed by atoms with E-state index in [-0.39, 0.29) is 16.2 Å². The third-order valence-corrected chi connectivity index (χ3v) is 4.72. The van der Waals surface area contributed by atoms with Gasteiger partial charge in [0.1, 0.15) is 16.4 Å². The van der Waals surface area contributed by atoms with Gasteiger partial charge in [-0.2, -0.15) is 4.99 Å². The average molecular weight is 382 g/mol. The van der Waals surface area contributed by atoms with Crippen LogP contribution in [0.15, 0.2) is 46.3 Å². The second-order valence-corrected chi connectivity index (χ2v) is 7.68. The van der Waals surface area contributed by atoms with E-state index in [0.717, 1.165) is 11.8 Å². The van der Waals surface area contributed by atoms with Crippen molar-refractivity contribution in [3.8, 4) is 11.5 Å². The van der Waals surface area contributed by atoms with E-state index in [4.69, 9.17) is 27.8 Å². The zero-order valence-electron chi connectivity index (χ0n) is 13.5. The number of ether oxygens (including phenoxy) is 1. The van der Waals surface area contributed by atoms with Gasteiger partial charge in [0.25, 0.3) is 5.91 Å². The van der Waals surface area contributed by atoms with Gasteiger partial charge in [0.05, 0.1) is 0 Å².